The molecule has 1 aliphatic carbocycles. The number of rotatable bonds is 9. The zero-order valence-corrected chi connectivity index (χ0v) is 12.3. The van der Waals surface area contributed by atoms with Gasteiger partial charge >= 0.3 is 0 Å². The first-order valence-corrected chi connectivity index (χ1v) is 8.05. The second-order valence-corrected chi connectivity index (χ2v) is 5.90. The van der Waals surface area contributed by atoms with Gasteiger partial charge in [0.1, 0.15) is 0 Å². The Kier molecular flexibility index (Phi) is 7.92. The van der Waals surface area contributed by atoms with Crippen molar-refractivity contribution < 1.29 is 0 Å². The maximum absolute atomic E-state index is 3.81. The van der Waals surface area contributed by atoms with E-state index in [0.717, 1.165) is 17.9 Å². The minimum atomic E-state index is 0.818. The number of unbranched alkanes of at least 4 members (excludes halogenated alkanes) is 2. The van der Waals surface area contributed by atoms with Crippen LogP contribution in [0.4, 0.5) is 0 Å². The Morgan fingerprint density at radius 2 is 1.88 bits per heavy atom. The molecule has 17 heavy (non-hydrogen) atoms. The van der Waals surface area contributed by atoms with Gasteiger partial charge in [-0.15, -0.1) is 0 Å². The van der Waals surface area contributed by atoms with Crippen molar-refractivity contribution in [1.29, 1.82) is 0 Å². The minimum absolute atomic E-state index is 0.818. The van der Waals surface area contributed by atoms with E-state index in [1.807, 2.05) is 0 Å². The lowest BCUT2D eigenvalue weighted by Crippen LogP contribution is -2.35. The van der Waals surface area contributed by atoms with Crippen LogP contribution in [0.2, 0.25) is 0 Å². The predicted octanol–water partition coefficient (Wildman–Crippen LogP) is 4.76. The van der Waals surface area contributed by atoms with Crippen LogP contribution in [0.3, 0.4) is 0 Å². The molecule has 1 heteroatoms. The first-order valence-electron chi connectivity index (χ1n) is 8.05. The first kappa shape index (κ1) is 15.0. The topological polar surface area (TPSA) is 12.0 Å². The van der Waals surface area contributed by atoms with E-state index in [0.29, 0.717) is 0 Å². The Morgan fingerprint density at radius 3 is 2.47 bits per heavy atom. The monoisotopic (exact) mass is 239 g/mol. The second kappa shape index (κ2) is 8.97. The van der Waals surface area contributed by atoms with Crippen LogP contribution in [-0.4, -0.2) is 12.6 Å². The molecule has 0 aromatic rings. The van der Waals surface area contributed by atoms with Gasteiger partial charge in [-0.3, -0.25) is 0 Å². The Bertz CT molecular complexity index is 178. The van der Waals surface area contributed by atoms with Crippen molar-refractivity contribution in [3.63, 3.8) is 0 Å². The van der Waals surface area contributed by atoms with Gasteiger partial charge in [0.05, 0.1) is 0 Å². The summed E-state index contributed by atoms with van der Waals surface area (Å²) in [5.41, 5.74) is 0. The molecule has 1 rings (SSSR count). The van der Waals surface area contributed by atoms with Crippen molar-refractivity contribution in [2.24, 2.45) is 11.8 Å². The van der Waals surface area contributed by atoms with Crippen LogP contribution in [0, 0.1) is 11.8 Å². The van der Waals surface area contributed by atoms with Crippen LogP contribution in [0.15, 0.2) is 0 Å². The van der Waals surface area contributed by atoms with Crippen molar-refractivity contribution in [2.45, 2.75) is 84.6 Å². The summed E-state index contributed by atoms with van der Waals surface area (Å²) in [7, 11) is 0. The van der Waals surface area contributed by atoms with Crippen LogP contribution in [0.5, 0.6) is 0 Å². The van der Waals surface area contributed by atoms with Crippen molar-refractivity contribution in [3.05, 3.63) is 0 Å². The lowest BCUT2D eigenvalue weighted by Gasteiger charge is -2.25. The van der Waals surface area contributed by atoms with E-state index in [9.17, 15) is 0 Å². The molecule has 0 heterocycles. The maximum Gasteiger partial charge on any atom is 0.00954 e. The molecular formula is C16H33N. The molecule has 0 radical (unpaired) electrons. The lowest BCUT2D eigenvalue weighted by molar-refractivity contribution is 0.321. The van der Waals surface area contributed by atoms with Gasteiger partial charge in [0.2, 0.25) is 0 Å². The van der Waals surface area contributed by atoms with Crippen LogP contribution < -0.4 is 5.32 Å². The zero-order chi connectivity index (χ0) is 12.5. The van der Waals surface area contributed by atoms with Gasteiger partial charge in [-0.2, -0.15) is 0 Å². The third kappa shape index (κ3) is 5.42. The Labute approximate surface area is 109 Å². The summed E-state index contributed by atoms with van der Waals surface area (Å²) in [5, 5.41) is 3.81. The fourth-order valence-electron chi connectivity index (χ4n) is 3.30. The van der Waals surface area contributed by atoms with E-state index in [1.54, 1.807) is 0 Å². The van der Waals surface area contributed by atoms with E-state index in [-0.39, 0.29) is 0 Å². The molecule has 3 atom stereocenters. The van der Waals surface area contributed by atoms with Crippen molar-refractivity contribution >= 4 is 0 Å². The largest absolute Gasteiger partial charge is 0.314 e. The fourth-order valence-corrected chi connectivity index (χ4v) is 3.30. The summed E-state index contributed by atoms with van der Waals surface area (Å²) in [4.78, 5) is 0. The molecule has 1 aliphatic rings. The quantitative estimate of drug-likeness (QED) is 0.572. The molecule has 0 saturated heterocycles. The molecule has 0 aromatic heterocycles. The maximum atomic E-state index is 3.81. The normalized spacial score (nSPS) is 26.3. The van der Waals surface area contributed by atoms with Crippen molar-refractivity contribution in [3.8, 4) is 0 Å². The van der Waals surface area contributed by atoms with Gasteiger partial charge in [0.25, 0.3) is 0 Å². The van der Waals surface area contributed by atoms with E-state index in [4.69, 9.17) is 0 Å². The first-order chi connectivity index (χ1) is 8.31. The Morgan fingerprint density at radius 1 is 1.06 bits per heavy atom. The van der Waals surface area contributed by atoms with Crippen LogP contribution in [0.1, 0.15) is 78.6 Å². The van der Waals surface area contributed by atoms with Gasteiger partial charge in [-0.05, 0) is 44.1 Å². The van der Waals surface area contributed by atoms with E-state index in [2.05, 4.69) is 26.1 Å². The van der Waals surface area contributed by atoms with E-state index < -0.39 is 0 Å². The number of hydrogen-bond donors (Lipinski definition) is 1. The van der Waals surface area contributed by atoms with Gasteiger partial charge < -0.3 is 5.32 Å². The summed E-state index contributed by atoms with van der Waals surface area (Å²) < 4.78 is 0. The van der Waals surface area contributed by atoms with Gasteiger partial charge in [-0.25, -0.2) is 0 Å². The molecular weight excluding hydrogens is 206 g/mol. The number of nitrogens with one attached hydrogen (secondary N) is 1. The molecule has 1 saturated carbocycles. The third-order valence-corrected chi connectivity index (χ3v) is 4.50. The molecule has 0 aliphatic heterocycles. The highest BCUT2D eigenvalue weighted by Crippen LogP contribution is 2.36. The zero-order valence-electron chi connectivity index (χ0n) is 12.3. The van der Waals surface area contributed by atoms with Crippen molar-refractivity contribution in [2.75, 3.05) is 6.54 Å². The standard InChI is InChI=1S/C16H33N/c1-4-7-8-9-16(17-12-5-2)15-11-10-14(6-3)13-15/h14-17H,4-13H2,1-3H3. The van der Waals surface area contributed by atoms with Gasteiger partial charge in [-0.1, -0.05) is 52.9 Å². The molecule has 0 aromatic carbocycles. The van der Waals surface area contributed by atoms with Gasteiger partial charge in [0, 0.05) is 6.04 Å². The second-order valence-electron chi connectivity index (χ2n) is 5.90. The highest BCUT2D eigenvalue weighted by Gasteiger charge is 2.29. The third-order valence-electron chi connectivity index (χ3n) is 4.50. The predicted molar refractivity (Wildman–Crippen MR) is 77.3 cm³/mol. The molecule has 0 amide bonds. The molecule has 1 fully saturated rings. The van der Waals surface area contributed by atoms with E-state index in [1.165, 1.54) is 64.3 Å². The highest BCUT2D eigenvalue weighted by molar-refractivity contribution is 4.84. The average molecular weight is 239 g/mol. The van der Waals surface area contributed by atoms with Gasteiger partial charge in [0.15, 0.2) is 0 Å². The summed E-state index contributed by atoms with van der Waals surface area (Å²) >= 11 is 0. The SMILES string of the molecule is CCCCCC(NCCC)C1CCC(CC)C1. The summed E-state index contributed by atoms with van der Waals surface area (Å²) in [5.74, 6) is 2.00. The molecule has 3 unspecified atom stereocenters. The highest BCUT2D eigenvalue weighted by atomic mass is 14.9. The Balaban J connectivity index is 2.33. The molecule has 0 spiro atoms. The summed E-state index contributed by atoms with van der Waals surface area (Å²) in [6, 6.07) is 0.818. The van der Waals surface area contributed by atoms with Crippen LogP contribution in [0.25, 0.3) is 0 Å². The molecule has 1 N–H and O–H groups in total. The minimum Gasteiger partial charge on any atom is -0.314 e. The smallest absolute Gasteiger partial charge is 0.00954 e. The summed E-state index contributed by atoms with van der Waals surface area (Å²) in [6.45, 7) is 8.15. The molecule has 1 nitrogen and oxygen atoms in total. The molecule has 0 bridgehead atoms. The number of hydrogen-bond acceptors (Lipinski definition) is 1. The Hall–Kier alpha value is -0.0400. The summed E-state index contributed by atoms with van der Waals surface area (Å²) in [6.07, 6.45) is 12.7. The van der Waals surface area contributed by atoms with E-state index >= 15 is 0 Å². The van der Waals surface area contributed by atoms with Crippen LogP contribution in [-0.2, 0) is 0 Å². The average Bonchev–Trinajstić information content (AvgIpc) is 2.82. The molecule has 102 valence electrons. The van der Waals surface area contributed by atoms with Crippen molar-refractivity contribution in [1.82, 2.24) is 5.32 Å². The van der Waals surface area contributed by atoms with Crippen LogP contribution >= 0.6 is 0 Å². The fraction of sp³-hybridized carbons (Fsp3) is 1.00. The lowest BCUT2D eigenvalue weighted by atomic mass is 9.91.